The molecule has 0 amide bonds. The number of aromatic nitrogens is 3. The fourth-order valence-corrected chi connectivity index (χ4v) is 6.02. The topological polar surface area (TPSA) is 75.3 Å². The number of rotatable bonds is 5. The second kappa shape index (κ2) is 9.71. The number of fused-ring (bicyclic) bond motifs is 3. The Morgan fingerprint density at radius 3 is 2.35 bits per heavy atom. The summed E-state index contributed by atoms with van der Waals surface area (Å²) in [5.74, 6) is 1.53. The molecule has 0 radical (unpaired) electrons. The molecule has 0 saturated heterocycles. The van der Waals surface area contributed by atoms with Gasteiger partial charge in [-0.25, -0.2) is 0 Å². The lowest BCUT2D eigenvalue weighted by Gasteiger charge is -2.21. The van der Waals surface area contributed by atoms with Crippen molar-refractivity contribution in [3.05, 3.63) is 92.3 Å². The molecule has 8 heteroatoms. The van der Waals surface area contributed by atoms with Crippen molar-refractivity contribution in [2.24, 2.45) is 4.99 Å². The van der Waals surface area contributed by atoms with Crippen molar-refractivity contribution in [1.29, 1.82) is 0 Å². The molecule has 0 saturated carbocycles. The molecule has 2 N–H and O–H groups in total. The second-order valence-corrected chi connectivity index (χ2v) is 12.3. The van der Waals surface area contributed by atoms with E-state index in [0.717, 1.165) is 39.2 Å². The molecule has 1 aliphatic rings. The van der Waals surface area contributed by atoms with Gasteiger partial charge in [-0.15, -0.1) is 21.5 Å². The molecule has 3 heterocycles. The van der Waals surface area contributed by atoms with Crippen LogP contribution in [-0.2, 0) is 5.41 Å². The standard InChI is InChI=1S/C29H32ClN5OS/c1-16-17(2)37-28-25(16)26(19-7-11-21(30)12-8-19)32-23(27-34-33-18(3)35(27)28)15-24(36)31-22-13-9-20(10-14-22)29(4,5)6/h7-14,23-24,31,36H,15H2,1-6H3. The molecule has 0 bridgehead atoms. The van der Waals surface area contributed by atoms with Gasteiger partial charge in [-0.3, -0.25) is 9.56 Å². The Labute approximate surface area is 227 Å². The van der Waals surface area contributed by atoms with E-state index in [9.17, 15) is 5.11 Å². The molecule has 0 fully saturated rings. The highest BCUT2D eigenvalue weighted by Crippen LogP contribution is 2.40. The quantitative estimate of drug-likeness (QED) is 0.273. The van der Waals surface area contributed by atoms with Crippen LogP contribution < -0.4 is 5.32 Å². The lowest BCUT2D eigenvalue weighted by molar-refractivity contribution is 0.182. The Morgan fingerprint density at radius 2 is 1.70 bits per heavy atom. The van der Waals surface area contributed by atoms with Crippen LogP contribution in [0.4, 0.5) is 5.69 Å². The Morgan fingerprint density at radius 1 is 1.03 bits per heavy atom. The molecule has 4 aromatic rings. The number of thiophene rings is 1. The van der Waals surface area contributed by atoms with Crippen LogP contribution in [-0.4, -0.2) is 31.8 Å². The molecule has 192 valence electrons. The molecule has 2 aromatic heterocycles. The first-order chi connectivity index (χ1) is 17.5. The van der Waals surface area contributed by atoms with E-state index in [4.69, 9.17) is 16.6 Å². The van der Waals surface area contributed by atoms with Crippen molar-refractivity contribution in [1.82, 2.24) is 14.8 Å². The molecule has 6 nitrogen and oxygen atoms in total. The Kier molecular flexibility index (Phi) is 6.73. The molecule has 2 unspecified atom stereocenters. The van der Waals surface area contributed by atoms with Crippen molar-refractivity contribution in [2.45, 2.75) is 65.6 Å². The maximum absolute atomic E-state index is 11.1. The molecule has 2 atom stereocenters. The Hall–Kier alpha value is -3.00. The number of benzene rings is 2. The molecule has 1 aliphatic heterocycles. The zero-order chi connectivity index (χ0) is 26.5. The van der Waals surface area contributed by atoms with Crippen LogP contribution in [0.15, 0.2) is 53.5 Å². The SMILES string of the molecule is Cc1sc2c(c1C)C(c1ccc(Cl)cc1)=NC(CC(O)Nc1ccc(C(C)(C)C)cc1)c1nnc(C)n1-2. The molecular weight excluding hydrogens is 502 g/mol. The van der Waals surface area contributed by atoms with E-state index in [-0.39, 0.29) is 5.41 Å². The normalized spacial score (nSPS) is 16.0. The monoisotopic (exact) mass is 533 g/mol. The third kappa shape index (κ3) is 4.96. The molecule has 0 aliphatic carbocycles. The molecule has 37 heavy (non-hydrogen) atoms. The first kappa shape index (κ1) is 25.6. The van der Waals surface area contributed by atoms with Crippen LogP contribution in [0, 0.1) is 20.8 Å². The molecule has 2 aromatic carbocycles. The van der Waals surface area contributed by atoms with Crippen LogP contribution in [0.5, 0.6) is 0 Å². The summed E-state index contributed by atoms with van der Waals surface area (Å²) < 4.78 is 2.10. The number of halogens is 1. The van der Waals surface area contributed by atoms with Gasteiger partial charge in [-0.1, -0.05) is 56.6 Å². The Balaban J connectivity index is 1.53. The number of aryl methyl sites for hydroxylation is 2. The van der Waals surface area contributed by atoms with Gasteiger partial charge in [0.2, 0.25) is 0 Å². The van der Waals surface area contributed by atoms with E-state index in [2.05, 4.69) is 66.8 Å². The van der Waals surface area contributed by atoms with Crippen molar-refractivity contribution in [3.8, 4) is 5.00 Å². The highest BCUT2D eigenvalue weighted by Gasteiger charge is 2.32. The van der Waals surface area contributed by atoms with Crippen LogP contribution in [0.2, 0.25) is 5.02 Å². The van der Waals surface area contributed by atoms with Crippen LogP contribution in [0.3, 0.4) is 0 Å². The van der Waals surface area contributed by atoms with Crippen LogP contribution in [0.1, 0.15) is 72.0 Å². The van der Waals surface area contributed by atoms with Gasteiger partial charge in [0.25, 0.3) is 0 Å². The van der Waals surface area contributed by atoms with Gasteiger partial charge in [0, 0.05) is 33.1 Å². The number of hydrogen-bond acceptors (Lipinski definition) is 6. The fraction of sp³-hybridized carbons (Fsp3) is 0.345. The summed E-state index contributed by atoms with van der Waals surface area (Å²) in [6.07, 6.45) is -0.492. The lowest BCUT2D eigenvalue weighted by Crippen LogP contribution is -2.23. The van der Waals surface area contributed by atoms with E-state index in [1.807, 2.05) is 43.3 Å². The van der Waals surface area contributed by atoms with Gasteiger partial charge in [0.15, 0.2) is 5.82 Å². The van der Waals surface area contributed by atoms with Crippen LogP contribution >= 0.6 is 22.9 Å². The highest BCUT2D eigenvalue weighted by atomic mass is 35.5. The Bertz CT molecular complexity index is 1460. The summed E-state index contributed by atoms with van der Waals surface area (Å²) in [5, 5.41) is 25.0. The summed E-state index contributed by atoms with van der Waals surface area (Å²) in [5.41, 5.74) is 6.30. The predicted molar refractivity (Wildman–Crippen MR) is 153 cm³/mol. The fourth-order valence-electron chi connectivity index (χ4n) is 4.68. The van der Waals surface area contributed by atoms with E-state index >= 15 is 0 Å². The predicted octanol–water partition coefficient (Wildman–Crippen LogP) is 6.92. The number of nitrogens with zero attached hydrogens (tertiary/aromatic N) is 4. The summed E-state index contributed by atoms with van der Waals surface area (Å²) in [7, 11) is 0. The molecule has 5 rings (SSSR count). The largest absolute Gasteiger partial charge is 0.374 e. The van der Waals surface area contributed by atoms with E-state index in [1.165, 1.54) is 16.0 Å². The summed E-state index contributed by atoms with van der Waals surface area (Å²) in [6, 6.07) is 15.6. The number of hydrogen-bond donors (Lipinski definition) is 2. The van der Waals surface area contributed by atoms with Crippen molar-refractivity contribution in [2.75, 3.05) is 5.32 Å². The van der Waals surface area contributed by atoms with Gasteiger partial charge in [0.05, 0.1) is 5.71 Å². The number of aliphatic imine (C=N–C) groups is 1. The maximum Gasteiger partial charge on any atom is 0.163 e. The van der Waals surface area contributed by atoms with Crippen LogP contribution in [0.25, 0.3) is 5.00 Å². The average Bonchev–Trinajstić information content (AvgIpc) is 3.31. The number of aliphatic hydroxyl groups excluding tert-OH is 1. The van der Waals surface area contributed by atoms with Gasteiger partial charge in [0.1, 0.15) is 23.1 Å². The summed E-state index contributed by atoms with van der Waals surface area (Å²) in [4.78, 5) is 6.46. The maximum atomic E-state index is 11.1. The summed E-state index contributed by atoms with van der Waals surface area (Å²) >= 11 is 7.92. The number of anilines is 1. The minimum Gasteiger partial charge on any atom is -0.374 e. The second-order valence-electron chi connectivity index (χ2n) is 10.6. The van der Waals surface area contributed by atoms with Gasteiger partial charge in [-0.05, 0) is 61.6 Å². The van der Waals surface area contributed by atoms with Crippen molar-refractivity contribution < 1.29 is 5.11 Å². The van der Waals surface area contributed by atoms with E-state index in [0.29, 0.717) is 11.4 Å². The first-order valence-corrected chi connectivity index (χ1v) is 13.6. The van der Waals surface area contributed by atoms with Crippen molar-refractivity contribution in [3.63, 3.8) is 0 Å². The zero-order valence-electron chi connectivity index (χ0n) is 22.0. The molecular formula is C29H32ClN5OS. The van der Waals surface area contributed by atoms with Crippen molar-refractivity contribution >= 4 is 34.3 Å². The number of aliphatic hydroxyl groups is 1. The minimum absolute atomic E-state index is 0.0720. The van der Waals surface area contributed by atoms with Gasteiger partial charge >= 0.3 is 0 Å². The summed E-state index contributed by atoms with van der Waals surface area (Å²) in [6.45, 7) is 12.8. The third-order valence-electron chi connectivity index (χ3n) is 6.89. The smallest absolute Gasteiger partial charge is 0.163 e. The molecule has 0 spiro atoms. The average molecular weight is 534 g/mol. The van der Waals surface area contributed by atoms with E-state index in [1.54, 1.807) is 11.3 Å². The van der Waals surface area contributed by atoms with E-state index < -0.39 is 12.3 Å². The van der Waals surface area contributed by atoms with Gasteiger partial charge in [-0.2, -0.15) is 0 Å². The highest BCUT2D eigenvalue weighted by molar-refractivity contribution is 7.15. The third-order valence-corrected chi connectivity index (χ3v) is 8.33. The number of nitrogens with one attached hydrogen (secondary N) is 1. The minimum atomic E-state index is -0.829. The van der Waals surface area contributed by atoms with Gasteiger partial charge < -0.3 is 10.4 Å². The first-order valence-electron chi connectivity index (χ1n) is 12.4. The zero-order valence-corrected chi connectivity index (χ0v) is 23.6. The lowest BCUT2D eigenvalue weighted by atomic mass is 9.87.